The van der Waals surface area contributed by atoms with E-state index in [0.717, 1.165) is 17.8 Å². The molecule has 4 aromatic rings. The highest BCUT2D eigenvalue weighted by molar-refractivity contribution is 5.88. The molecule has 11 heteroatoms. The zero-order valence-corrected chi connectivity index (χ0v) is 14.0. The molecule has 0 bridgehead atoms. The van der Waals surface area contributed by atoms with Crippen molar-refractivity contribution < 1.29 is 4.39 Å². The van der Waals surface area contributed by atoms with Gasteiger partial charge in [0.2, 0.25) is 5.95 Å². The molecule has 0 fully saturated rings. The molecule has 0 saturated heterocycles. The van der Waals surface area contributed by atoms with Gasteiger partial charge in [-0.3, -0.25) is 5.10 Å². The second-order valence-electron chi connectivity index (χ2n) is 5.70. The van der Waals surface area contributed by atoms with Gasteiger partial charge in [-0.15, -0.1) is 0 Å². The maximum atomic E-state index is 13.0. The standard InChI is InChI=1S/C15H15FN10/c1-8(12-17-3-9(16)4-18-12)21-15-23-13(10-5-20-25-14(10)24-15)22-11-6-26(2)7-19-11/h3-8H,1-2H3,(H3,20,21,22,23,24,25). The summed E-state index contributed by atoms with van der Waals surface area (Å²) < 4.78 is 14.8. The van der Waals surface area contributed by atoms with Gasteiger partial charge in [0.1, 0.15) is 17.5 Å². The molecule has 0 saturated carbocycles. The van der Waals surface area contributed by atoms with Crippen molar-refractivity contribution in [2.75, 3.05) is 10.6 Å². The van der Waals surface area contributed by atoms with Gasteiger partial charge in [0, 0.05) is 13.2 Å². The molecule has 1 unspecified atom stereocenters. The minimum atomic E-state index is -0.488. The first-order valence-electron chi connectivity index (χ1n) is 7.78. The average Bonchev–Trinajstić information content (AvgIpc) is 3.24. The molecule has 1 atom stereocenters. The number of nitrogens with one attached hydrogen (secondary N) is 3. The van der Waals surface area contributed by atoms with E-state index in [9.17, 15) is 4.39 Å². The summed E-state index contributed by atoms with van der Waals surface area (Å²) >= 11 is 0. The first-order valence-corrected chi connectivity index (χ1v) is 7.78. The van der Waals surface area contributed by atoms with Crippen molar-refractivity contribution in [3.05, 3.63) is 42.8 Å². The van der Waals surface area contributed by atoms with Crippen LogP contribution in [0, 0.1) is 5.82 Å². The number of halogens is 1. The Bertz CT molecular complexity index is 1040. The van der Waals surface area contributed by atoms with Crippen LogP contribution in [0.15, 0.2) is 31.1 Å². The van der Waals surface area contributed by atoms with Gasteiger partial charge < -0.3 is 15.2 Å². The van der Waals surface area contributed by atoms with Gasteiger partial charge in [0.05, 0.1) is 36.3 Å². The Morgan fingerprint density at radius 3 is 2.69 bits per heavy atom. The highest BCUT2D eigenvalue weighted by Crippen LogP contribution is 2.24. The molecule has 0 aliphatic carbocycles. The fraction of sp³-hybridized carbons (Fsp3) is 0.200. The number of aromatic nitrogens is 8. The van der Waals surface area contributed by atoms with Gasteiger partial charge in [-0.25, -0.2) is 19.3 Å². The molecule has 0 aliphatic heterocycles. The predicted molar refractivity (Wildman–Crippen MR) is 92.2 cm³/mol. The van der Waals surface area contributed by atoms with E-state index in [-0.39, 0.29) is 6.04 Å². The van der Waals surface area contributed by atoms with Crippen molar-refractivity contribution in [3.63, 3.8) is 0 Å². The van der Waals surface area contributed by atoms with Crippen molar-refractivity contribution >= 4 is 28.6 Å². The minimum Gasteiger partial charge on any atom is -0.344 e. The average molecular weight is 354 g/mol. The van der Waals surface area contributed by atoms with E-state index in [2.05, 4.69) is 45.8 Å². The highest BCUT2D eigenvalue weighted by Gasteiger charge is 2.14. The van der Waals surface area contributed by atoms with Gasteiger partial charge in [-0.1, -0.05) is 0 Å². The Kier molecular flexibility index (Phi) is 3.88. The molecule has 0 radical (unpaired) electrons. The number of aromatic amines is 1. The first-order chi connectivity index (χ1) is 12.6. The van der Waals surface area contributed by atoms with Crippen LogP contribution in [0.1, 0.15) is 18.8 Å². The minimum absolute atomic E-state index is 0.321. The van der Waals surface area contributed by atoms with E-state index >= 15 is 0 Å². The third kappa shape index (κ3) is 3.14. The second-order valence-corrected chi connectivity index (χ2v) is 5.70. The largest absolute Gasteiger partial charge is 0.344 e. The van der Waals surface area contributed by atoms with Crippen molar-refractivity contribution in [2.24, 2.45) is 7.05 Å². The normalized spacial score (nSPS) is 12.3. The predicted octanol–water partition coefficient (Wildman–Crippen LogP) is 1.93. The van der Waals surface area contributed by atoms with E-state index in [0.29, 0.717) is 29.1 Å². The summed E-state index contributed by atoms with van der Waals surface area (Å²) in [5, 5.41) is 13.8. The summed E-state index contributed by atoms with van der Waals surface area (Å²) in [4.78, 5) is 21.0. The molecule has 132 valence electrons. The lowest BCUT2D eigenvalue weighted by atomic mass is 10.3. The highest BCUT2D eigenvalue weighted by atomic mass is 19.1. The smallest absolute Gasteiger partial charge is 0.227 e. The lowest BCUT2D eigenvalue weighted by Gasteiger charge is -2.13. The molecular formula is C15H15FN10. The van der Waals surface area contributed by atoms with Crippen LogP contribution in [0.2, 0.25) is 0 Å². The Balaban J connectivity index is 1.63. The summed E-state index contributed by atoms with van der Waals surface area (Å²) in [6.07, 6.45) is 7.39. The number of hydrogen-bond donors (Lipinski definition) is 3. The van der Waals surface area contributed by atoms with Crippen LogP contribution in [0.3, 0.4) is 0 Å². The second kappa shape index (κ2) is 6.35. The van der Waals surface area contributed by atoms with Crippen LogP contribution < -0.4 is 10.6 Å². The summed E-state index contributed by atoms with van der Waals surface area (Å²) in [7, 11) is 1.88. The summed E-state index contributed by atoms with van der Waals surface area (Å²) in [6, 6.07) is -0.321. The molecule has 0 amide bonds. The molecule has 4 aromatic heterocycles. The molecule has 4 heterocycles. The molecule has 4 rings (SSSR count). The number of rotatable bonds is 5. The number of nitrogens with zero attached hydrogens (tertiary/aromatic N) is 7. The van der Waals surface area contributed by atoms with Crippen LogP contribution in [-0.4, -0.2) is 39.7 Å². The number of H-pyrrole nitrogens is 1. The summed E-state index contributed by atoms with van der Waals surface area (Å²) in [5.41, 5.74) is 0.563. The monoisotopic (exact) mass is 354 g/mol. The third-order valence-corrected chi connectivity index (χ3v) is 3.63. The molecule has 0 aromatic carbocycles. The van der Waals surface area contributed by atoms with Gasteiger partial charge in [0.25, 0.3) is 0 Å². The number of anilines is 3. The molecular weight excluding hydrogens is 339 g/mol. The van der Waals surface area contributed by atoms with Crippen molar-refractivity contribution in [1.82, 2.24) is 39.7 Å². The van der Waals surface area contributed by atoms with Crippen LogP contribution >= 0.6 is 0 Å². The Hall–Kier alpha value is -3.63. The van der Waals surface area contributed by atoms with E-state index in [4.69, 9.17) is 0 Å². The Morgan fingerprint density at radius 1 is 1.15 bits per heavy atom. The summed E-state index contributed by atoms with van der Waals surface area (Å²) in [6.45, 7) is 1.83. The van der Waals surface area contributed by atoms with Gasteiger partial charge in [-0.2, -0.15) is 15.1 Å². The third-order valence-electron chi connectivity index (χ3n) is 3.63. The van der Waals surface area contributed by atoms with Crippen LogP contribution in [0.25, 0.3) is 11.0 Å². The number of imidazole rings is 1. The molecule has 10 nitrogen and oxygen atoms in total. The number of hydrogen-bond acceptors (Lipinski definition) is 8. The lowest BCUT2D eigenvalue weighted by molar-refractivity contribution is 0.604. The van der Waals surface area contributed by atoms with Crippen LogP contribution in [-0.2, 0) is 7.05 Å². The topological polar surface area (TPSA) is 122 Å². The lowest BCUT2D eigenvalue weighted by Crippen LogP contribution is -2.13. The fourth-order valence-corrected chi connectivity index (χ4v) is 2.40. The van der Waals surface area contributed by atoms with Crippen molar-refractivity contribution in [3.8, 4) is 0 Å². The van der Waals surface area contributed by atoms with E-state index in [1.165, 1.54) is 0 Å². The zero-order chi connectivity index (χ0) is 18.1. The van der Waals surface area contributed by atoms with Crippen LogP contribution in [0.5, 0.6) is 0 Å². The molecule has 0 aliphatic rings. The van der Waals surface area contributed by atoms with Gasteiger partial charge in [0.15, 0.2) is 11.5 Å². The van der Waals surface area contributed by atoms with Gasteiger partial charge >= 0.3 is 0 Å². The van der Waals surface area contributed by atoms with E-state index in [1.807, 2.05) is 24.7 Å². The van der Waals surface area contributed by atoms with Crippen molar-refractivity contribution in [1.29, 1.82) is 0 Å². The molecule has 26 heavy (non-hydrogen) atoms. The molecule has 0 spiro atoms. The van der Waals surface area contributed by atoms with Crippen LogP contribution in [0.4, 0.5) is 22.0 Å². The fourth-order valence-electron chi connectivity index (χ4n) is 2.40. The Labute approximate surface area is 147 Å². The summed E-state index contributed by atoms with van der Waals surface area (Å²) in [5.74, 6) is 1.49. The quantitative estimate of drug-likeness (QED) is 0.497. The zero-order valence-electron chi connectivity index (χ0n) is 14.0. The Morgan fingerprint density at radius 2 is 1.96 bits per heavy atom. The SMILES string of the molecule is CC(Nc1nc(Nc2cn(C)cn2)c2cn[nH]c2n1)c1ncc(F)cn1. The maximum Gasteiger partial charge on any atom is 0.227 e. The number of fused-ring (bicyclic) bond motifs is 1. The van der Waals surface area contributed by atoms with E-state index in [1.54, 1.807) is 12.5 Å². The molecule has 3 N–H and O–H groups in total. The van der Waals surface area contributed by atoms with Crippen molar-refractivity contribution in [2.45, 2.75) is 13.0 Å². The number of aryl methyl sites for hydroxylation is 1. The van der Waals surface area contributed by atoms with Gasteiger partial charge in [-0.05, 0) is 6.92 Å². The first kappa shape index (κ1) is 15.9. The maximum absolute atomic E-state index is 13.0. The van der Waals surface area contributed by atoms with E-state index < -0.39 is 5.82 Å².